The molecule has 2 aromatic rings. The van der Waals surface area contributed by atoms with Crippen molar-refractivity contribution in [2.45, 2.75) is 12.5 Å². The summed E-state index contributed by atoms with van der Waals surface area (Å²) in [5.41, 5.74) is 1.18. The van der Waals surface area contributed by atoms with Gasteiger partial charge in [-0.2, -0.15) is 0 Å². The van der Waals surface area contributed by atoms with E-state index in [-0.39, 0.29) is 16.9 Å². The second-order valence-electron chi connectivity index (χ2n) is 4.45. The van der Waals surface area contributed by atoms with Crippen LogP contribution in [-0.4, -0.2) is 7.05 Å². The molecule has 20 heavy (non-hydrogen) atoms. The lowest BCUT2D eigenvalue weighted by Crippen LogP contribution is -2.19. The van der Waals surface area contributed by atoms with Gasteiger partial charge in [0.1, 0.15) is 11.6 Å². The monoisotopic (exact) mass is 315 g/mol. The number of benzene rings is 2. The van der Waals surface area contributed by atoms with E-state index < -0.39 is 5.82 Å². The van der Waals surface area contributed by atoms with E-state index in [1.807, 2.05) is 0 Å². The van der Waals surface area contributed by atoms with Gasteiger partial charge in [0.05, 0.1) is 5.02 Å². The van der Waals surface area contributed by atoms with E-state index in [4.69, 9.17) is 23.2 Å². The number of rotatable bonds is 4. The van der Waals surface area contributed by atoms with E-state index in [1.165, 1.54) is 24.3 Å². The Hall–Kier alpha value is -1.16. The zero-order valence-corrected chi connectivity index (χ0v) is 12.3. The van der Waals surface area contributed by atoms with E-state index >= 15 is 0 Å². The number of halogens is 4. The fraction of sp³-hybridized carbons (Fsp3) is 0.200. The highest BCUT2D eigenvalue weighted by molar-refractivity contribution is 6.31. The van der Waals surface area contributed by atoms with E-state index in [0.29, 0.717) is 22.6 Å². The molecule has 1 N–H and O–H groups in total. The third-order valence-electron chi connectivity index (χ3n) is 3.13. The average molecular weight is 316 g/mol. The summed E-state index contributed by atoms with van der Waals surface area (Å²) in [5.74, 6) is -0.819. The van der Waals surface area contributed by atoms with Crippen molar-refractivity contribution in [1.82, 2.24) is 5.32 Å². The summed E-state index contributed by atoms with van der Waals surface area (Å²) in [7, 11) is 1.74. The van der Waals surface area contributed by atoms with Crippen LogP contribution in [0.1, 0.15) is 17.2 Å². The lowest BCUT2D eigenvalue weighted by molar-refractivity contribution is 0.549. The van der Waals surface area contributed by atoms with Crippen LogP contribution in [0.4, 0.5) is 8.78 Å². The van der Waals surface area contributed by atoms with Crippen molar-refractivity contribution < 1.29 is 8.78 Å². The highest BCUT2D eigenvalue weighted by Gasteiger charge is 2.15. The largest absolute Gasteiger partial charge is 0.313 e. The molecule has 106 valence electrons. The third kappa shape index (κ3) is 3.48. The average Bonchev–Trinajstić information content (AvgIpc) is 2.43. The van der Waals surface area contributed by atoms with Gasteiger partial charge in [0.2, 0.25) is 0 Å². The first-order valence-electron chi connectivity index (χ1n) is 6.07. The molecule has 5 heteroatoms. The van der Waals surface area contributed by atoms with Gasteiger partial charge in [0, 0.05) is 11.1 Å². The van der Waals surface area contributed by atoms with Gasteiger partial charge < -0.3 is 5.32 Å². The maximum atomic E-state index is 13.7. The first-order chi connectivity index (χ1) is 9.51. The van der Waals surface area contributed by atoms with Crippen LogP contribution in [0.2, 0.25) is 10.0 Å². The van der Waals surface area contributed by atoms with Crippen molar-refractivity contribution in [2.24, 2.45) is 0 Å². The molecular formula is C15H13Cl2F2N. The predicted octanol–water partition coefficient (Wildman–Crippen LogP) is 4.77. The standard InChI is InChI=1S/C15H13Cl2F2N/c1-20-15(9-2-4-12(17)14(19)7-9)8-10-6-11(16)3-5-13(10)18/h2-7,15,20H,8H2,1H3. The first-order valence-corrected chi connectivity index (χ1v) is 6.83. The van der Waals surface area contributed by atoms with Crippen molar-refractivity contribution in [3.63, 3.8) is 0 Å². The van der Waals surface area contributed by atoms with Crippen LogP contribution in [0.3, 0.4) is 0 Å². The van der Waals surface area contributed by atoms with Crippen LogP contribution < -0.4 is 5.32 Å². The Kier molecular flexibility index (Phi) is 4.97. The van der Waals surface area contributed by atoms with Gasteiger partial charge in [-0.3, -0.25) is 0 Å². The van der Waals surface area contributed by atoms with Gasteiger partial charge in [0.25, 0.3) is 0 Å². The van der Waals surface area contributed by atoms with Crippen LogP contribution in [0.15, 0.2) is 36.4 Å². The highest BCUT2D eigenvalue weighted by atomic mass is 35.5. The quantitative estimate of drug-likeness (QED) is 0.856. The van der Waals surface area contributed by atoms with E-state index in [2.05, 4.69) is 5.32 Å². The van der Waals surface area contributed by atoms with Gasteiger partial charge in [0.15, 0.2) is 0 Å². The molecular weight excluding hydrogens is 303 g/mol. The van der Waals surface area contributed by atoms with Crippen molar-refractivity contribution in [3.8, 4) is 0 Å². The Morgan fingerprint density at radius 1 is 1.05 bits per heavy atom. The van der Waals surface area contributed by atoms with Crippen molar-refractivity contribution in [3.05, 3.63) is 69.2 Å². The molecule has 0 aliphatic heterocycles. The van der Waals surface area contributed by atoms with E-state index in [9.17, 15) is 8.78 Å². The normalized spacial score (nSPS) is 12.4. The molecule has 0 saturated carbocycles. The summed E-state index contributed by atoms with van der Waals surface area (Å²) in [5, 5.41) is 3.58. The SMILES string of the molecule is CNC(Cc1cc(Cl)ccc1F)c1ccc(Cl)c(F)c1. The van der Waals surface area contributed by atoms with Crippen LogP contribution in [-0.2, 0) is 6.42 Å². The Balaban J connectivity index is 2.28. The molecule has 0 amide bonds. The molecule has 1 nitrogen and oxygen atoms in total. The molecule has 0 heterocycles. The van der Waals surface area contributed by atoms with Crippen molar-refractivity contribution >= 4 is 23.2 Å². The Morgan fingerprint density at radius 3 is 2.45 bits per heavy atom. The van der Waals surface area contributed by atoms with Crippen LogP contribution >= 0.6 is 23.2 Å². The molecule has 0 aliphatic carbocycles. The second kappa shape index (κ2) is 6.53. The van der Waals surface area contributed by atoms with Crippen LogP contribution in [0.25, 0.3) is 0 Å². The molecule has 0 bridgehead atoms. The summed E-state index contributed by atoms with van der Waals surface area (Å²) in [6.07, 6.45) is 0.365. The third-order valence-corrected chi connectivity index (χ3v) is 3.67. The van der Waals surface area contributed by atoms with E-state index in [1.54, 1.807) is 19.2 Å². The Bertz CT molecular complexity index is 617. The number of hydrogen-bond donors (Lipinski definition) is 1. The maximum absolute atomic E-state index is 13.7. The summed E-state index contributed by atoms with van der Waals surface area (Å²) in [4.78, 5) is 0. The maximum Gasteiger partial charge on any atom is 0.142 e. The molecule has 2 aromatic carbocycles. The van der Waals surface area contributed by atoms with Crippen LogP contribution in [0.5, 0.6) is 0 Å². The number of hydrogen-bond acceptors (Lipinski definition) is 1. The minimum atomic E-state index is -0.490. The van der Waals surface area contributed by atoms with Gasteiger partial charge >= 0.3 is 0 Å². The zero-order valence-electron chi connectivity index (χ0n) is 10.8. The van der Waals surface area contributed by atoms with Gasteiger partial charge in [-0.1, -0.05) is 29.3 Å². The molecule has 0 aliphatic rings. The molecule has 0 spiro atoms. The lowest BCUT2D eigenvalue weighted by Gasteiger charge is -2.17. The minimum absolute atomic E-state index is 0.0672. The topological polar surface area (TPSA) is 12.0 Å². The molecule has 1 unspecified atom stereocenters. The summed E-state index contributed by atoms with van der Waals surface area (Å²) in [6.45, 7) is 0. The molecule has 0 fully saturated rings. The summed E-state index contributed by atoms with van der Waals surface area (Å²) in [6, 6.07) is 8.73. The molecule has 0 radical (unpaired) electrons. The fourth-order valence-electron chi connectivity index (χ4n) is 2.04. The van der Waals surface area contributed by atoms with Gasteiger partial charge in [-0.05, 0) is 54.9 Å². The van der Waals surface area contributed by atoms with E-state index in [0.717, 1.165) is 0 Å². The molecule has 2 rings (SSSR count). The first kappa shape index (κ1) is 15.2. The van der Waals surface area contributed by atoms with Gasteiger partial charge in [-0.15, -0.1) is 0 Å². The predicted molar refractivity (Wildman–Crippen MR) is 78.3 cm³/mol. The van der Waals surface area contributed by atoms with Crippen LogP contribution in [0, 0.1) is 11.6 Å². The fourth-order valence-corrected chi connectivity index (χ4v) is 2.35. The van der Waals surface area contributed by atoms with Crippen molar-refractivity contribution in [2.75, 3.05) is 7.05 Å². The second-order valence-corrected chi connectivity index (χ2v) is 5.30. The Morgan fingerprint density at radius 2 is 1.80 bits per heavy atom. The highest BCUT2D eigenvalue weighted by Crippen LogP contribution is 2.25. The zero-order chi connectivity index (χ0) is 14.7. The van der Waals surface area contributed by atoms with Crippen molar-refractivity contribution in [1.29, 1.82) is 0 Å². The summed E-state index contributed by atoms with van der Waals surface area (Å²) >= 11 is 11.5. The van der Waals surface area contributed by atoms with Gasteiger partial charge in [-0.25, -0.2) is 8.78 Å². The minimum Gasteiger partial charge on any atom is -0.313 e. The molecule has 0 aromatic heterocycles. The number of nitrogens with one attached hydrogen (secondary N) is 1. The lowest BCUT2D eigenvalue weighted by atomic mass is 9.98. The number of likely N-dealkylation sites (N-methyl/N-ethyl adjacent to an activating group) is 1. The Labute approximate surface area is 126 Å². The smallest absolute Gasteiger partial charge is 0.142 e. The molecule has 0 saturated heterocycles. The molecule has 1 atom stereocenters. The summed E-state index contributed by atoms with van der Waals surface area (Å²) < 4.78 is 27.2.